The average molecular weight is 510 g/mol. The van der Waals surface area contributed by atoms with Gasteiger partial charge in [0.15, 0.2) is 0 Å². The second-order valence-electron chi connectivity index (χ2n) is 7.25. The van der Waals surface area contributed by atoms with E-state index in [0.717, 1.165) is 44.5 Å². The van der Waals surface area contributed by atoms with Gasteiger partial charge in [0, 0.05) is 35.0 Å². The minimum Gasteiger partial charge on any atom is -1.00 e. The van der Waals surface area contributed by atoms with Crippen molar-refractivity contribution in [2.24, 2.45) is 10.1 Å². The van der Waals surface area contributed by atoms with Gasteiger partial charge in [0.25, 0.3) is 0 Å². The lowest BCUT2D eigenvalue weighted by molar-refractivity contribution is -0.00000815. The lowest BCUT2D eigenvalue weighted by Gasteiger charge is -2.11. The van der Waals surface area contributed by atoms with Crippen molar-refractivity contribution in [3.63, 3.8) is 0 Å². The first kappa shape index (κ1) is 26.0. The summed E-state index contributed by atoms with van der Waals surface area (Å²) < 4.78 is 18.4. The minimum atomic E-state index is 0. The summed E-state index contributed by atoms with van der Waals surface area (Å²) in [5, 5.41) is 6.95. The summed E-state index contributed by atoms with van der Waals surface area (Å²) in [4.78, 5) is 9.80. The number of ether oxygens (including phenoxy) is 3. The maximum absolute atomic E-state index is 5.66. The number of thiazole rings is 1. The zero-order valence-corrected chi connectivity index (χ0v) is 21.5. The molecule has 0 atom stereocenters. The zero-order valence-electron chi connectivity index (χ0n) is 19.9. The van der Waals surface area contributed by atoms with E-state index >= 15 is 0 Å². The zero-order chi connectivity index (χ0) is 23.9. The van der Waals surface area contributed by atoms with Gasteiger partial charge < -0.3 is 26.6 Å². The van der Waals surface area contributed by atoms with Gasteiger partial charge in [0.1, 0.15) is 17.2 Å². The number of halogens is 1. The Morgan fingerprint density at radius 3 is 2.46 bits per heavy atom. The van der Waals surface area contributed by atoms with E-state index in [0.29, 0.717) is 12.4 Å². The molecule has 0 radical (unpaired) electrons. The fraction of sp³-hybridized carbons (Fsp3) is 0.192. The topological polar surface area (TPSA) is 70.2 Å². The van der Waals surface area contributed by atoms with Crippen molar-refractivity contribution in [1.82, 2.24) is 9.66 Å². The van der Waals surface area contributed by atoms with Crippen molar-refractivity contribution < 1.29 is 26.6 Å². The van der Waals surface area contributed by atoms with E-state index in [1.54, 1.807) is 26.6 Å². The van der Waals surface area contributed by atoms with Crippen molar-refractivity contribution in [3.8, 4) is 28.5 Å². The molecular formula is C26H26ClN4O3S-. The number of hydrogen-bond donors (Lipinski definition) is 0. The van der Waals surface area contributed by atoms with Crippen LogP contribution < -0.4 is 31.4 Å². The summed E-state index contributed by atoms with van der Waals surface area (Å²) in [6.07, 6.45) is 3.54. The van der Waals surface area contributed by atoms with E-state index in [9.17, 15) is 0 Å². The average Bonchev–Trinajstić information content (AvgIpc) is 3.26. The Kier molecular flexibility index (Phi) is 9.05. The molecule has 0 aliphatic carbocycles. The summed E-state index contributed by atoms with van der Waals surface area (Å²) in [5.41, 5.74) is 4.30. The van der Waals surface area contributed by atoms with Crippen LogP contribution >= 0.6 is 11.3 Å². The molecule has 0 aliphatic rings. The van der Waals surface area contributed by atoms with Crippen LogP contribution in [-0.4, -0.2) is 36.2 Å². The first-order chi connectivity index (χ1) is 16.6. The third-order valence-electron chi connectivity index (χ3n) is 5.07. The molecular weight excluding hydrogens is 484 g/mol. The van der Waals surface area contributed by atoms with E-state index in [2.05, 4.69) is 4.98 Å². The van der Waals surface area contributed by atoms with Gasteiger partial charge >= 0.3 is 0 Å². The smallest absolute Gasteiger partial charge is 0.211 e. The van der Waals surface area contributed by atoms with E-state index in [4.69, 9.17) is 24.3 Å². The van der Waals surface area contributed by atoms with Gasteiger partial charge in [-0.25, -0.2) is 9.67 Å². The maximum Gasteiger partial charge on any atom is 0.211 e. The fourth-order valence-corrected chi connectivity index (χ4v) is 4.19. The Morgan fingerprint density at radius 2 is 1.80 bits per heavy atom. The molecule has 4 aromatic rings. The minimum absolute atomic E-state index is 0. The highest BCUT2D eigenvalue weighted by molar-refractivity contribution is 7.07. The van der Waals surface area contributed by atoms with Crippen molar-refractivity contribution >= 4 is 22.7 Å². The number of nitrogens with zero attached hydrogens (tertiary/aromatic N) is 4. The van der Waals surface area contributed by atoms with Crippen LogP contribution in [-0.2, 0) is 0 Å². The van der Waals surface area contributed by atoms with E-state index in [-0.39, 0.29) is 12.4 Å². The summed E-state index contributed by atoms with van der Waals surface area (Å²) in [7, 11) is 3.28. The summed E-state index contributed by atoms with van der Waals surface area (Å²) in [6, 6.07) is 17.3. The second-order valence-corrected chi connectivity index (χ2v) is 8.08. The van der Waals surface area contributed by atoms with Crippen LogP contribution in [0.4, 0.5) is 5.69 Å². The highest BCUT2D eigenvalue weighted by Crippen LogP contribution is 2.34. The Labute approximate surface area is 214 Å². The molecule has 7 nitrogen and oxygen atoms in total. The molecule has 0 amide bonds. The van der Waals surface area contributed by atoms with Crippen molar-refractivity contribution in [2.75, 3.05) is 20.8 Å². The Morgan fingerprint density at radius 1 is 1.03 bits per heavy atom. The quantitative estimate of drug-likeness (QED) is 0.342. The standard InChI is InChI=1S/C26H26N4O3S.ClH/c1-5-33-21-10-8-20(9-11-21)28-26-30(29-18(2)19-7-6-14-27-16-19)24(17-34-26)23-13-12-22(31-3)15-25(23)32-4;/h6-17H,5H2,1-4H3;1H/p-1/b28-26?,29-18+;. The molecule has 2 aromatic carbocycles. The SMILES string of the molecule is CCOc1ccc(N=c2scc(-c3ccc(OC)cc3OC)n2/N=C(\C)c2cccnc2)cc1.[Cl-]. The van der Waals surface area contributed by atoms with E-state index in [1.807, 2.05) is 78.5 Å². The van der Waals surface area contributed by atoms with Crippen LogP contribution in [0.1, 0.15) is 19.4 Å². The normalized spacial score (nSPS) is 11.7. The van der Waals surface area contributed by atoms with Crippen LogP contribution in [0.15, 0.2) is 82.5 Å². The molecule has 0 bridgehead atoms. The highest BCUT2D eigenvalue weighted by Gasteiger charge is 2.14. The Bertz CT molecular complexity index is 1350. The predicted molar refractivity (Wildman–Crippen MR) is 136 cm³/mol. The third kappa shape index (κ3) is 6.09. The lowest BCUT2D eigenvalue weighted by Crippen LogP contribution is -3.00. The monoisotopic (exact) mass is 509 g/mol. The van der Waals surface area contributed by atoms with Crippen molar-refractivity contribution in [1.29, 1.82) is 0 Å². The molecule has 0 fully saturated rings. The largest absolute Gasteiger partial charge is 1.00 e. The van der Waals surface area contributed by atoms with Gasteiger partial charge in [0.05, 0.1) is 37.9 Å². The molecule has 0 spiro atoms. The number of pyridine rings is 1. The molecule has 2 aromatic heterocycles. The summed E-state index contributed by atoms with van der Waals surface area (Å²) >= 11 is 1.50. The van der Waals surface area contributed by atoms with Gasteiger partial charge in [-0.15, -0.1) is 11.3 Å². The van der Waals surface area contributed by atoms with Crippen LogP contribution in [0.5, 0.6) is 17.2 Å². The van der Waals surface area contributed by atoms with Crippen LogP contribution in [0.2, 0.25) is 0 Å². The second kappa shape index (κ2) is 12.2. The van der Waals surface area contributed by atoms with Gasteiger partial charge in [0.2, 0.25) is 4.80 Å². The van der Waals surface area contributed by atoms with Crippen molar-refractivity contribution in [3.05, 3.63) is 82.7 Å². The van der Waals surface area contributed by atoms with Crippen LogP contribution in [0.25, 0.3) is 11.3 Å². The summed E-state index contributed by atoms with van der Waals surface area (Å²) in [6.45, 7) is 4.54. The van der Waals surface area contributed by atoms with Crippen LogP contribution in [0, 0.1) is 0 Å². The Balaban J connectivity index is 0.00000342. The first-order valence-electron chi connectivity index (χ1n) is 10.8. The maximum atomic E-state index is 5.66. The molecule has 2 heterocycles. The molecule has 9 heteroatoms. The number of benzene rings is 2. The molecule has 182 valence electrons. The van der Waals surface area contributed by atoms with E-state index < -0.39 is 0 Å². The Hall–Kier alpha value is -3.62. The molecule has 0 aliphatic heterocycles. The highest BCUT2D eigenvalue weighted by atomic mass is 35.5. The molecule has 0 saturated heterocycles. The van der Waals surface area contributed by atoms with Gasteiger partial charge in [-0.05, 0) is 56.3 Å². The number of methoxy groups -OCH3 is 2. The lowest BCUT2D eigenvalue weighted by atomic mass is 10.1. The van der Waals surface area contributed by atoms with Gasteiger partial charge in [-0.3, -0.25) is 4.98 Å². The molecule has 0 N–H and O–H groups in total. The van der Waals surface area contributed by atoms with Crippen molar-refractivity contribution in [2.45, 2.75) is 13.8 Å². The first-order valence-corrected chi connectivity index (χ1v) is 11.7. The van der Waals surface area contributed by atoms with Gasteiger partial charge in [-0.2, -0.15) is 5.10 Å². The van der Waals surface area contributed by atoms with Gasteiger partial charge in [-0.1, -0.05) is 6.07 Å². The number of rotatable bonds is 8. The third-order valence-corrected chi connectivity index (χ3v) is 5.89. The molecule has 35 heavy (non-hydrogen) atoms. The van der Waals surface area contributed by atoms with E-state index in [1.165, 1.54) is 11.3 Å². The summed E-state index contributed by atoms with van der Waals surface area (Å²) in [5.74, 6) is 2.22. The predicted octanol–water partition coefficient (Wildman–Crippen LogP) is 2.54. The molecule has 0 unspecified atom stereocenters. The van der Waals surface area contributed by atoms with Crippen LogP contribution in [0.3, 0.4) is 0 Å². The fourth-order valence-electron chi connectivity index (χ4n) is 3.35. The molecule has 4 rings (SSSR count). The number of hydrogen-bond acceptors (Lipinski definition) is 7. The molecule has 0 saturated carbocycles. The number of aromatic nitrogens is 2.